The van der Waals surface area contributed by atoms with E-state index in [2.05, 4.69) is 0 Å². The molecule has 48 heteroatoms. The Morgan fingerprint density at radius 3 is 0.912 bits per heavy atom. The second-order valence-corrected chi connectivity index (χ2v) is 30.0. The lowest BCUT2D eigenvalue weighted by Gasteiger charge is -2.58. The van der Waals surface area contributed by atoms with Gasteiger partial charge in [-0.1, -0.05) is 170 Å². The van der Waals surface area contributed by atoms with Crippen LogP contribution in [0.1, 0.15) is 136 Å². The molecule has 0 heterocycles. The zero-order valence-electron chi connectivity index (χ0n) is 76.6. The Labute approximate surface area is 826 Å². The van der Waals surface area contributed by atoms with Crippen LogP contribution in [0.3, 0.4) is 0 Å². The van der Waals surface area contributed by atoms with Gasteiger partial charge in [0.1, 0.15) is 17.2 Å². The summed E-state index contributed by atoms with van der Waals surface area (Å²) in [6.45, 7) is 0.378. The fourth-order valence-electron chi connectivity index (χ4n) is 14.5. The zero-order chi connectivity index (χ0) is 112. The van der Waals surface area contributed by atoms with Crippen molar-refractivity contribution in [2.75, 3.05) is 19.8 Å². The van der Waals surface area contributed by atoms with Gasteiger partial charge in [0.2, 0.25) is 5.41 Å². The van der Waals surface area contributed by atoms with Crippen LogP contribution in [0.15, 0.2) is 249 Å². The van der Waals surface area contributed by atoms with Crippen molar-refractivity contribution >= 4 is 115 Å². The summed E-state index contributed by atoms with van der Waals surface area (Å²) in [4.78, 5) is 235. The molecular weight excluding hydrogens is 1980 g/mol. The highest BCUT2D eigenvalue weighted by atomic mass is 19.4. The summed E-state index contributed by atoms with van der Waals surface area (Å²) in [6.07, 6.45) is -3.66. The van der Waals surface area contributed by atoms with Gasteiger partial charge in [-0.3, -0.25) is 33.6 Å². The van der Waals surface area contributed by atoms with E-state index in [1.165, 1.54) is 30.3 Å². The van der Waals surface area contributed by atoms with Gasteiger partial charge in [-0.25, -0.2) is 28.8 Å². The van der Waals surface area contributed by atoms with E-state index in [9.17, 15) is 98.9 Å². The molecule has 5 fully saturated rings. The molecule has 0 amide bonds. The SMILES string of the molecule is CC(C(=O)O)c1ccccc1.O=C(O)C12CC3CC(C1)CC(C(=O)O)(C3)C2.O=C(O)C1CCCC(C(=O)O)C1.O=C(O)COc1ccccc1.O=C(O)COc1ccccc1OCC(=O)O.O=C(O)Cc1ccccc1CC(=O)O.O=C(O)c1ccc(C(c2ccccc2)(C(F)(F)F)C(F)(F)F)cc1.O=C(O)c1ccc(Oc2ccccc2)cc1.O=C(O)c1ccccc1.O=C=O.O=C=O.O=C=O.O=C=O.O=C=O.O=C=O. The number of carboxylic acid groups (broad SMARTS) is 13. The Balaban J connectivity index is 0. The van der Waals surface area contributed by atoms with Crippen LogP contribution in [0.25, 0.3) is 0 Å². The van der Waals surface area contributed by atoms with E-state index < -0.39 is 154 Å². The number of benzene rings is 9. The fraction of sp³-hybridized carbons (Fsp3) is 0.263. The van der Waals surface area contributed by atoms with Gasteiger partial charge in [0.05, 0.1) is 58.1 Å². The number of carboxylic acids is 13. The molecule has 5 aliphatic carbocycles. The fourth-order valence-corrected chi connectivity index (χ4v) is 14.5. The molecule has 3 unspecified atom stereocenters. The maximum atomic E-state index is 13.7. The van der Waals surface area contributed by atoms with Gasteiger partial charge < -0.3 is 85.3 Å². The number of hydrogen-bond donors (Lipinski definition) is 13. The number of alkyl halides is 6. The van der Waals surface area contributed by atoms with Gasteiger partial charge >= 0.3 is 127 Å². The summed E-state index contributed by atoms with van der Waals surface area (Å²) in [6, 6.07) is 62.3. The molecule has 9 aromatic rings. The van der Waals surface area contributed by atoms with E-state index in [1.54, 1.807) is 110 Å². The Morgan fingerprint density at radius 2 is 0.612 bits per heavy atom. The van der Waals surface area contributed by atoms with Crippen LogP contribution in [0.4, 0.5) is 26.3 Å². The Morgan fingerprint density at radius 1 is 0.333 bits per heavy atom. The number of aromatic carboxylic acids is 3. The van der Waals surface area contributed by atoms with E-state index in [4.69, 9.17) is 133 Å². The van der Waals surface area contributed by atoms with Crippen LogP contribution < -0.4 is 18.9 Å². The third kappa shape index (κ3) is 49.7. The topological polar surface area (TPSA) is 727 Å². The maximum Gasteiger partial charge on any atom is 0.411 e. The lowest BCUT2D eigenvalue weighted by atomic mass is 9.44. The van der Waals surface area contributed by atoms with Crippen molar-refractivity contribution in [3.8, 4) is 28.7 Å². The monoisotopic (exact) mass is 2070 g/mol. The van der Waals surface area contributed by atoms with E-state index in [0.29, 0.717) is 122 Å². The number of carbonyl (C=O) groups is 13. The maximum absolute atomic E-state index is 13.7. The molecule has 42 nitrogen and oxygen atoms in total. The molecule has 0 saturated heterocycles. The number of hydrogen-bond acceptors (Lipinski definition) is 29. The zero-order valence-corrected chi connectivity index (χ0v) is 76.6. The molecule has 0 radical (unpaired) electrons. The Kier molecular flexibility index (Phi) is 61.9. The number of para-hydroxylation sites is 4. The lowest BCUT2D eigenvalue weighted by molar-refractivity contribution is -0.288. The van der Waals surface area contributed by atoms with Crippen molar-refractivity contribution in [3.63, 3.8) is 0 Å². The highest BCUT2D eigenvalue weighted by molar-refractivity contribution is 5.89. The molecule has 9 aromatic carbocycles. The Hall–Kier alpha value is -18.9. The van der Waals surface area contributed by atoms with Crippen LogP contribution in [-0.2, 0) is 124 Å². The average Bonchev–Trinajstić information content (AvgIpc) is 0.718. The minimum absolute atomic E-state index is 0.135. The molecule has 147 heavy (non-hydrogen) atoms. The van der Waals surface area contributed by atoms with Gasteiger partial charge in [0.25, 0.3) is 0 Å². The molecule has 4 bridgehead atoms. The average molecular weight is 2070 g/mol. The van der Waals surface area contributed by atoms with Crippen molar-refractivity contribution in [1.29, 1.82) is 0 Å². The van der Waals surface area contributed by atoms with Crippen molar-refractivity contribution in [1.82, 2.24) is 0 Å². The summed E-state index contributed by atoms with van der Waals surface area (Å²) in [5.74, 6) is -10.7. The first-order valence-corrected chi connectivity index (χ1v) is 41.5. The third-order valence-electron chi connectivity index (χ3n) is 20.2. The second kappa shape index (κ2) is 69.9. The highest BCUT2D eigenvalue weighted by Gasteiger charge is 2.72. The molecule has 0 spiro atoms. The molecule has 0 aliphatic heterocycles. The quantitative estimate of drug-likeness (QED) is 0.0224. The van der Waals surface area contributed by atoms with Crippen molar-refractivity contribution < 1.29 is 232 Å². The first kappa shape index (κ1) is 130. The summed E-state index contributed by atoms with van der Waals surface area (Å²) in [5, 5.41) is 113. The van der Waals surface area contributed by atoms with E-state index >= 15 is 0 Å². The van der Waals surface area contributed by atoms with Gasteiger partial charge in [-0.15, -0.1) is 0 Å². The molecule has 14 rings (SSSR count). The predicted molar refractivity (Wildman–Crippen MR) is 476 cm³/mol. The number of halogens is 6. The molecule has 13 N–H and O–H groups in total. The minimum atomic E-state index is -5.68. The van der Waals surface area contributed by atoms with Gasteiger partial charge in [0.15, 0.2) is 31.3 Å². The number of rotatable bonds is 26. The largest absolute Gasteiger partial charge is 0.482 e. The number of aliphatic carboxylic acids is 10. The van der Waals surface area contributed by atoms with Crippen LogP contribution in [0, 0.1) is 34.5 Å². The standard InChI is InChI=1S/C16H10F6O2.C13H10O3.C12H16O4.C10H10O6.C10H10O4.C9H10O2.C8H12O4.C8H8O3.C7H6O2.6CO2/c17-15(18,19)14(16(20,21)22,11-4-2-1-3-5-11)12-8-6-10(7-9-12)13(23)24;14-13(15)10-6-8-12(9-7-10)16-11-4-2-1-3-5-11;13-9(14)11-2-7-1-8(4-11)5-12(3-7,6-11)10(15)16;11-9(12)5-15-7-3-1-2-4-8(7)16-6-10(13)14;11-9(12)5-7-3-1-2-4-8(7)6-10(13)14;1-7(9(10)11)8-5-3-2-4-6-8;9-7(10)5-2-1-3-6(4-5)8(11)12;9-8(10)6-11-7-4-2-1-3-5-7;8-7(9)6-4-2-1-3-5-6;6*2-1-3/h1-9H,(H,23,24);1-9H,(H,14,15);7-8H,1-6H2,(H,13,14)(H,15,16);1-4H,5-6H2,(H,11,12)(H,13,14);1-4H,5-6H2,(H,11,12)(H,13,14);2-7H,1H3,(H,10,11);5-6H,1-4H2,(H,9,10)(H,11,12);1-5H,6H2,(H,9,10);1-5H,(H,8,9);;;;;;. The van der Waals surface area contributed by atoms with Crippen LogP contribution in [-0.4, -0.2) is 213 Å². The first-order chi connectivity index (χ1) is 69.3. The van der Waals surface area contributed by atoms with Crippen LogP contribution in [0.2, 0.25) is 0 Å². The lowest BCUT2D eigenvalue weighted by Crippen LogP contribution is -2.57. The summed E-state index contributed by atoms with van der Waals surface area (Å²) in [5.41, 5.74) is -5.65. The molecule has 0 aromatic heterocycles. The summed E-state index contributed by atoms with van der Waals surface area (Å²) >= 11 is 0. The van der Waals surface area contributed by atoms with Crippen LogP contribution in [0.5, 0.6) is 28.7 Å². The number of ether oxygens (including phenoxy) is 4. The molecule has 3 atom stereocenters. The summed E-state index contributed by atoms with van der Waals surface area (Å²) < 4.78 is 102. The first-order valence-electron chi connectivity index (χ1n) is 41.5. The molecular formula is C99H92F6O42. The van der Waals surface area contributed by atoms with E-state index in [1.807, 2.05) is 66.7 Å². The normalized spacial score (nSPS) is 15.4. The van der Waals surface area contributed by atoms with E-state index in [-0.39, 0.29) is 73.4 Å². The Bertz CT molecular complexity index is 5630. The second-order valence-electron chi connectivity index (χ2n) is 30.0. The van der Waals surface area contributed by atoms with Crippen molar-refractivity contribution in [2.45, 2.75) is 108 Å². The molecule has 782 valence electrons. The van der Waals surface area contributed by atoms with Crippen molar-refractivity contribution in [2.24, 2.45) is 34.5 Å². The van der Waals surface area contributed by atoms with E-state index in [0.717, 1.165) is 42.0 Å². The minimum Gasteiger partial charge on any atom is -0.482 e. The van der Waals surface area contributed by atoms with Gasteiger partial charge in [0, 0.05) is 0 Å². The highest BCUT2D eigenvalue weighted by Crippen LogP contribution is 2.65. The van der Waals surface area contributed by atoms with Crippen molar-refractivity contribution in [3.05, 3.63) is 293 Å². The van der Waals surface area contributed by atoms with Gasteiger partial charge in [-0.05, 0) is 189 Å². The van der Waals surface area contributed by atoms with Gasteiger partial charge in [-0.2, -0.15) is 83.9 Å². The van der Waals surface area contributed by atoms with Crippen LogP contribution >= 0.6 is 0 Å². The molecule has 5 saturated carbocycles. The predicted octanol–water partition coefficient (Wildman–Crippen LogP) is 13.1. The summed E-state index contributed by atoms with van der Waals surface area (Å²) in [7, 11) is 0. The number of carbonyl (C=O) groups excluding carboxylic acids is 12. The third-order valence-corrected chi connectivity index (χ3v) is 20.2. The molecule has 5 aliphatic rings. The smallest absolute Gasteiger partial charge is 0.411 e.